The average Bonchev–Trinajstić information content (AvgIpc) is 2.90. The lowest BCUT2D eigenvalue weighted by atomic mass is 9.97. The zero-order valence-corrected chi connectivity index (χ0v) is 21.6. The topological polar surface area (TPSA) is 97.8 Å². The van der Waals surface area contributed by atoms with Crippen LogP contribution in [-0.4, -0.2) is 56.5 Å². The van der Waals surface area contributed by atoms with Crippen LogP contribution in [0.15, 0.2) is 59.6 Å². The Balaban J connectivity index is 1.31. The molecule has 36 heavy (non-hydrogen) atoms. The van der Waals surface area contributed by atoms with Gasteiger partial charge in [0.15, 0.2) is 11.5 Å². The molecule has 2 heterocycles. The summed E-state index contributed by atoms with van der Waals surface area (Å²) >= 11 is 0. The van der Waals surface area contributed by atoms with Crippen molar-refractivity contribution in [2.75, 3.05) is 32.8 Å². The van der Waals surface area contributed by atoms with Crippen LogP contribution in [0.2, 0.25) is 0 Å². The number of benzene rings is 2. The monoisotopic (exact) mass is 511 g/mol. The molecule has 0 atom stereocenters. The number of carbonyl (C=O) groups is 1. The zero-order chi connectivity index (χ0) is 25.5. The number of nitrogens with zero attached hydrogens (tertiary/aromatic N) is 2. The second kappa shape index (κ2) is 11.7. The highest BCUT2D eigenvalue weighted by atomic mass is 32.2. The lowest BCUT2D eigenvalue weighted by Crippen LogP contribution is -2.43. The third-order valence-corrected chi connectivity index (χ3v) is 8.29. The molecule has 1 amide bonds. The second-order valence-corrected chi connectivity index (χ2v) is 10.6. The zero-order valence-electron chi connectivity index (χ0n) is 20.8. The summed E-state index contributed by atoms with van der Waals surface area (Å²) in [7, 11) is -3.69. The maximum Gasteiger partial charge on any atom is 0.245 e. The van der Waals surface area contributed by atoms with Gasteiger partial charge in [-0.3, -0.25) is 9.78 Å². The number of ether oxygens (including phenoxy) is 2. The number of nitrogens with one attached hydrogen (secondary N) is 1. The van der Waals surface area contributed by atoms with Crippen LogP contribution in [0.1, 0.15) is 32.3 Å². The molecule has 1 saturated heterocycles. The molecular weight excluding hydrogens is 478 g/mol. The normalized spacial score (nSPS) is 15.1. The van der Waals surface area contributed by atoms with Gasteiger partial charge in [0.25, 0.3) is 0 Å². The van der Waals surface area contributed by atoms with Crippen molar-refractivity contribution in [1.82, 2.24) is 14.6 Å². The van der Waals surface area contributed by atoms with E-state index >= 15 is 0 Å². The first-order valence-electron chi connectivity index (χ1n) is 12.4. The molecule has 1 fully saturated rings. The summed E-state index contributed by atoms with van der Waals surface area (Å²) in [6.07, 6.45) is 3.24. The predicted octanol–water partition coefficient (Wildman–Crippen LogP) is 3.79. The lowest BCUT2D eigenvalue weighted by Gasteiger charge is -2.30. The third kappa shape index (κ3) is 5.79. The molecule has 0 spiro atoms. The van der Waals surface area contributed by atoms with Crippen LogP contribution in [0, 0.1) is 5.92 Å². The standard InChI is InChI=1S/C27H33N3O5S/c1-3-34-23-11-10-20(19-24(23)35-4-2)12-16-29-27(31)22-13-17-30(18-14-22)36(32,33)25-9-5-7-21-8-6-15-28-26(21)25/h5-11,15,19,22H,3-4,12-14,16-18H2,1-2H3,(H,29,31). The summed E-state index contributed by atoms with van der Waals surface area (Å²) in [4.78, 5) is 17.3. The highest BCUT2D eigenvalue weighted by Crippen LogP contribution is 2.29. The Morgan fingerprint density at radius 1 is 1.03 bits per heavy atom. The fourth-order valence-electron chi connectivity index (χ4n) is 4.51. The van der Waals surface area contributed by atoms with Gasteiger partial charge in [-0.1, -0.05) is 24.3 Å². The van der Waals surface area contributed by atoms with E-state index in [-0.39, 0.29) is 16.7 Å². The number of hydrogen-bond donors (Lipinski definition) is 1. The van der Waals surface area contributed by atoms with Crippen molar-refractivity contribution >= 4 is 26.8 Å². The van der Waals surface area contributed by atoms with Crippen LogP contribution in [0.5, 0.6) is 11.5 Å². The third-order valence-electron chi connectivity index (χ3n) is 6.36. The molecule has 0 bridgehead atoms. The van der Waals surface area contributed by atoms with E-state index in [2.05, 4.69) is 10.3 Å². The van der Waals surface area contributed by atoms with E-state index in [0.29, 0.717) is 69.1 Å². The average molecular weight is 512 g/mol. The summed E-state index contributed by atoms with van der Waals surface area (Å²) in [6.45, 7) is 6.08. The molecular formula is C27H33N3O5S. The van der Waals surface area contributed by atoms with Crippen LogP contribution < -0.4 is 14.8 Å². The first-order chi connectivity index (χ1) is 17.4. The van der Waals surface area contributed by atoms with Gasteiger partial charge in [0.1, 0.15) is 4.90 Å². The number of pyridine rings is 1. The largest absolute Gasteiger partial charge is 0.490 e. The smallest absolute Gasteiger partial charge is 0.245 e. The van der Waals surface area contributed by atoms with E-state index in [0.717, 1.165) is 10.9 Å². The predicted molar refractivity (Wildman–Crippen MR) is 139 cm³/mol. The van der Waals surface area contributed by atoms with Crippen molar-refractivity contribution in [3.05, 3.63) is 60.3 Å². The summed E-state index contributed by atoms with van der Waals surface area (Å²) in [5, 5.41) is 3.80. The van der Waals surface area contributed by atoms with Crippen LogP contribution in [0.3, 0.4) is 0 Å². The van der Waals surface area contributed by atoms with E-state index in [1.54, 1.807) is 24.4 Å². The minimum absolute atomic E-state index is 0.0326. The Morgan fingerprint density at radius 2 is 1.75 bits per heavy atom. The van der Waals surface area contributed by atoms with Crippen molar-refractivity contribution in [1.29, 1.82) is 0 Å². The Kier molecular flexibility index (Phi) is 8.43. The molecule has 3 aromatic rings. The number of para-hydroxylation sites is 1. The molecule has 1 aromatic heterocycles. The van der Waals surface area contributed by atoms with E-state index in [1.165, 1.54) is 4.31 Å². The van der Waals surface area contributed by atoms with E-state index in [4.69, 9.17) is 9.47 Å². The van der Waals surface area contributed by atoms with Gasteiger partial charge < -0.3 is 14.8 Å². The van der Waals surface area contributed by atoms with E-state index < -0.39 is 10.0 Å². The number of carbonyl (C=O) groups excluding carboxylic acids is 1. The molecule has 1 aliphatic heterocycles. The van der Waals surface area contributed by atoms with Gasteiger partial charge in [-0.25, -0.2) is 8.42 Å². The number of amides is 1. The fourth-order valence-corrected chi connectivity index (χ4v) is 6.14. The maximum atomic E-state index is 13.3. The van der Waals surface area contributed by atoms with Gasteiger partial charge in [0.2, 0.25) is 15.9 Å². The van der Waals surface area contributed by atoms with Crippen molar-refractivity contribution in [2.24, 2.45) is 5.92 Å². The van der Waals surface area contributed by atoms with Gasteiger partial charge in [0, 0.05) is 37.1 Å². The molecule has 0 saturated carbocycles. The molecule has 1 N–H and O–H groups in total. The summed E-state index contributed by atoms with van der Waals surface area (Å²) in [5.74, 6) is 1.18. The van der Waals surface area contributed by atoms with Crippen molar-refractivity contribution < 1.29 is 22.7 Å². The van der Waals surface area contributed by atoms with Crippen LogP contribution in [-0.2, 0) is 21.2 Å². The summed E-state index contributed by atoms with van der Waals surface area (Å²) in [5.41, 5.74) is 1.52. The molecule has 1 aliphatic rings. The van der Waals surface area contributed by atoms with Crippen molar-refractivity contribution in [2.45, 2.75) is 38.0 Å². The number of piperidine rings is 1. The van der Waals surface area contributed by atoms with Gasteiger partial charge in [-0.15, -0.1) is 0 Å². The number of hydrogen-bond acceptors (Lipinski definition) is 6. The van der Waals surface area contributed by atoms with Gasteiger partial charge in [-0.2, -0.15) is 4.31 Å². The Hall–Kier alpha value is -3.17. The molecule has 0 aliphatic carbocycles. The summed E-state index contributed by atoms with van der Waals surface area (Å²) < 4.78 is 39.4. The van der Waals surface area contributed by atoms with E-state index in [1.807, 2.05) is 44.2 Å². The fraction of sp³-hybridized carbons (Fsp3) is 0.407. The maximum absolute atomic E-state index is 13.3. The molecule has 2 aromatic carbocycles. The molecule has 0 unspecified atom stereocenters. The Morgan fingerprint density at radius 3 is 2.50 bits per heavy atom. The molecule has 8 nitrogen and oxygen atoms in total. The van der Waals surface area contributed by atoms with Crippen LogP contribution in [0.25, 0.3) is 10.9 Å². The molecule has 9 heteroatoms. The quantitative estimate of drug-likeness (QED) is 0.445. The van der Waals surface area contributed by atoms with E-state index in [9.17, 15) is 13.2 Å². The Bertz CT molecular complexity index is 1300. The highest BCUT2D eigenvalue weighted by Gasteiger charge is 2.33. The van der Waals surface area contributed by atoms with Crippen LogP contribution in [0.4, 0.5) is 0 Å². The molecule has 192 valence electrons. The molecule has 4 rings (SSSR count). The number of rotatable bonds is 10. The number of aromatic nitrogens is 1. The molecule has 0 radical (unpaired) electrons. The van der Waals surface area contributed by atoms with Gasteiger partial charge in [-0.05, 0) is 62.9 Å². The minimum Gasteiger partial charge on any atom is -0.490 e. The Labute approximate surface area is 212 Å². The first-order valence-corrected chi connectivity index (χ1v) is 13.9. The highest BCUT2D eigenvalue weighted by molar-refractivity contribution is 7.89. The minimum atomic E-state index is -3.69. The summed E-state index contributed by atoms with van der Waals surface area (Å²) in [6, 6.07) is 14.6. The van der Waals surface area contributed by atoms with Crippen LogP contribution >= 0.6 is 0 Å². The number of sulfonamides is 1. The first kappa shape index (κ1) is 25.9. The van der Waals surface area contributed by atoms with Gasteiger partial charge in [0.05, 0.1) is 18.7 Å². The lowest BCUT2D eigenvalue weighted by molar-refractivity contribution is -0.126. The SMILES string of the molecule is CCOc1ccc(CCNC(=O)C2CCN(S(=O)(=O)c3cccc4cccnc34)CC2)cc1OCC. The van der Waals surface area contributed by atoms with Gasteiger partial charge >= 0.3 is 0 Å². The number of fused-ring (bicyclic) bond motifs is 1. The van der Waals surface area contributed by atoms with Crippen molar-refractivity contribution in [3.63, 3.8) is 0 Å². The second-order valence-electron chi connectivity index (χ2n) is 8.70. The van der Waals surface area contributed by atoms with Crippen molar-refractivity contribution in [3.8, 4) is 11.5 Å².